The van der Waals surface area contributed by atoms with Crippen LogP contribution in [0.1, 0.15) is 73.8 Å². The van der Waals surface area contributed by atoms with Crippen molar-refractivity contribution in [1.29, 1.82) is 0 Å². The first-order valence-electron chi connectivity index (χ1n) is 16.7. The van der Waals surface area contributed by atoms with Crippen molar-refractivity contribution >= 4 is 35.7 Å². The lowest BCUT2D eigenvalue weighted by molar-refractivity contribution is -0.166. The van der Waals surface area contributed by atoms with E-state index in [1.54, 1.807) is 72.7 Å². The van der Waals surface area contributed by atoms with Crippen LogP contribution in [0.5, 0.6) is 0 Å². The predicted molar refractivity (Wildman–Crippen MR) is 182 cm³/mol. The van der Waals surface area contributed by atoms with Crippen LogP contribution in [0.4, 0.5) is 4.79 Å². The van der Waals surface area contributed by atoms with Gasteiger partial charge in [-0.25, -0.2) is 9.59 Å². The van der Waals surface area contributed by atoms with Gasteiger partial charge in [0.1, 0.15) is 36.4 Å². The largest absolute Gasteiger partial charge is 0.458 e. The zero-order chi connectivity index (χ0) is 37.2. The molecule has 0 aliphatic carbocycles. The Morgan fingerprint density at radius 2 is 1.55 bits per heavy atom. The Kier molecular flexibility index (Phi) is 15.0. The minimum atomic E-state index is -1.42. The minimum Gasteiger partial charge on any atom is -0.458 e. The Morgan fingerprint density at radius 1 is 0.939 bits per heavy atom. The zero-order valence-electron chi connectivity index (χ0n) is 30.5. The van der Waals surface area contributed by atoms with Gasteiger partial charge in [-0.05, 0) is 57.9 Å². The minimum absolute atomic E-state index is 0.0450. The van der Waals surface area contributed by atoms with Crippen LogP contribution in [0.25, 0.3) is 0 Å². The molecule has 5 amide bonds. The number of likely N-dealkylation sites (tertiary alicyclic amines) is 1. The third-order valence-electron chi connectivity index (χ3n) is 8.14. The number of nitrogens with one attached hydrogen (secondary N) is 2. The number of likely N-dealkylation sites (N-methyl/N-ethyl adjacent to an activating group) is 2. The fourth-order valence-electron chi connectivity index (χ4n) is 5.56. The van der Waals surface area contributed by atoms with Crippen molar-refractivity contribution in [3.8, 4) is 0 Å². The molecule has 1 aliphatic rings. The molecule has 49 heavy (non-hydrogen) atoms. The van der Waals surface area contributed by atoms with Crippen molar-refractivity contribution in [3.05, 3.63) is 35.9 Å². The van der Waals surface area contributed by atoms with Gasteiger partial charge in [-0.1, -0.05) is 58.0 Å². The van der Waals surface area contributed by atoms with Crippen LogP contribution >= 0.6 is 0 Å². The summed E-state index contributed by atoms with van der Waals surface area (Å²) in [6, 6.07) is 4.70. The molecule has 0 spiro atoms. The van der Waals surface area contributed by atoms with Gasteiger partial charge in [0.25, 0.3) is 0 Å². The number of carbonyl (C=O) groups excluding carboxylic acids is 6. The molecule has 2 rings (SSSR count). The predicted octanol–water partition coefficient (Wildman–Crippen LogP) is 2.08. The second kappa shape index (κ2) is 18.0. The van der Waals surface area contributed by atoms with Gasteiger partial charge in [0.15, 0.2) is 0 Å². The molecule has 1 saturated heterocycles. The van der Waals surface area contributed by atoms with Crippen LogP contribution in [0, 0.1) is 11.8 Å². The van der Waals surface area contributed by atoms with Crippen molar-refractivity contribution in [2.45, 2.75) is 111 Å². The standard InChI is InChI=1S/C35H55N5O9/c1-21(2)27(36-30(43)28(23(5)41)37-34(47)48-20-24-15-12-11-13-16-24)32(45)40-18-14-17-25(40)31(44)38(9)19-26(42)39(10)29(22(3)4)33(46)49-35(6,7)8/h11-13,15-16,21-23,25,27-29,41H,14,17-20H2,1-10H3,(H,36,43)(H,37,47). The third-order valence-corrected chi connectivity index (χ3v) is 8.14. The molecule has 1 aromatic carbocycles. The highest BCUT2D eigenvalue weighted by Gasteiger charge is 2.41. The van der Waals surface area contributed by atoms with E-state index in [-0.39, 0.29) is 25.6 Å². The summed E-state index contributed by atoms with van der Waals surface area (Å²) in [5.41, 5.74) is -0.00660. The Labute approximate surface area is 289 Å². The second-order valence-corrected chi connectivity index (χ2v) is 14.3. The van der Waals surface area contributed by atoms with Gasteiger partial charge >= 0.3 is 12.1 Å². The topological polar surface area (TPSA) is 175 Å². The van der Waals surface area contributed by atoms with Crippen LogP contribution in [-0.4, -0.2) is 119 Å². The van der Waals surface area contributed by atoms with Gasteiger partial charge in [0.05, 0.1) is 12.6 Å². The lowest BCUT2D eigenvalue weighted by atomic mass is 10.0. The number of hydrogen-bond donors (Lipinski definition) is 3. The van der Waals surface area contributed by atoms with E-state index < -0.39 is 77.5 Å². The number of aliphatic hydroxyl groups is 1. The van der Waals surface area contributed by atoms with Gasteiger partial charge in [0.2, 0.25) is 23.6 Å². The van der Waals surface area contributed by atoms with Gasteiger partial charge in [-0.2, -0.15) is 0 Å². The zero-order valence-corrected chi connectivity index (χ0v) is 30.5. The monoisotopic (exact) mass is 689 g/mol. The van der Waals surface area contributed by atoms with E-state index in [1.165, 1.54) is 35.7 Å². The third kappa shape index (κ3) is 12.0. The highest BCUT2D eigenvalue weighted by Crippen LogP contribution is 2.23. The molecular formula is C35H55N5O9. The SMILES string of the molecule is CC(C)C(NC(=O)C(NC(=O)OCc1ccccc1)C(C)O)C(=O)N1CCCC1C(=O)N(C)CC(=O)N(C)C(C(=O)OC(C)(C)C)C(C)C. The van der Waals surface area contributed by atoms with Gasteiger partial charge in [0, 0.05) is 20.6 Å². The molecule has 0 bridgehead atoms. The number of ether oxygens (including phenoxy) is 2. The lowest BCUT2D eigenvalue weighted by Crippen LogP contribution is -2.60. The van der Waals surface area contributed by atoms with Gasteiger partial charge in [-0.3, -0.25) is 19.2 Å². The maximum atomic E-state index is 13.9. The molecule has 0 radical (unpaired) electrons. The maximum Gasteiger partial charge on any atom is 0.408 e. The maximum absolute atomic E-state index is 13.9. The number of alkyl carbamates (subject to hydrolysis) is 1. The summed E-state index contributed by atoms with van der Waals surface area (Å²) in [6.45, 7) is 13.5. The molecular weight excluding hydrogens is 634 g/mol. The van der Waals surface area contributed by atoms with Crippen molar-refractivity contribution in [2.75, 3.05) is 27.2 Å². The number of hydrogen-bond acceptors (Lipinski definition) is 9. The van der Waals surface area contributed by atoms with Crippen molar-refractivity contribution in [1.82, 2.24) is 25.3 Å². The normalized spacial score (nSPS) is 17.1. The molecule has 5 atom stereocenters. The first kappa shape index (κ1) is 41.0. The van der Waals surface area contributed by atoms with Crippen molar-refractivity contribution in [2.24, 2.45) is 11.8 Å². The molecule has 0 saturated carbocycles. The summed E-state index contributed by atoms with van der Waals surface area (Å²) in [7, 11) is 2.96. The van der Waals surface area contributed by atoms with E-state index in [1.807, 2.05) is 6.07 Å². The van der Waals surface area contributed by atoms with E-state index >= 15 is 0 Å². The number of rotatable bonds is 14. The van der Waals surface area contributed by atoms with E-state index in [9.17, 15) is 33.9 Å². The van der Waals surface area contributed by atoms with Crippen LogP contribution in [-0.2, 0) is 40.1 Å². The average molecular weight is 690 g/mol. The molecule has 1 heterocycles. The Morgan fingerprint density at radius 3 is 2.08 bits per heavy atom. The summed E-state index contributed by atoms with van der Waals surface area (Å²) in [5.74, 6) is -3.43. The van der Waals surface area contributed by atoms with E-state index in [2.05, 4.69) is 10.6 Å². The Bertz CT molecular complexity index is 1310. The van der Waals surface area contributed by atoms with Crippen LogP contribution in [0.2, 0.25) is 0 Å². The fraction of sp³-hybridized carbons (Fsp3) is 0.657. The number of benzene rings is 1. The van der Waals surface area contributed by atoms with Gasteiger partial charge in [-0.15, -0.1) is 0 Å². The number of esters is 1. The molecule has 1 aromatic rings. The summed E-state index contributed by atoms with van der Waals surface area (Å²) < 4.78 is 10.7. The molecule has 1 aliphatic heterocycles. The van der Waals surface area contributed by atoms with Gasteiger partial charge < -0.3 is 39.9 Å². The van der Waals surface area contributed by atoms with Crippen molar-refractivity contribution < 1.29 is 43.3 Å². The molecule has 274 valence electrons. The molecule has 14 heteroatoms. The molecule has 5 unspecified atom stereocenters. The number of carbonyl (C=O) groups is 6. The molecule has 0 aromatic heterocycles. The Hall–Kier alpha value is -4.20. The average Bonchev–Trinajstić information content (AvgIpc) is 3.49. The highest BCUT2D eigenvalue weighted by atomic mass is 16.6. The Balaban J connectivity index is 2.10. The van der Waals surface area contributed by atoms with E-state index in [0.29, 0.717) is 12.8 Å². The highest BCUT2D eigenvalue weighted by molar-refractivity contribution is 5.95. The molecule has 1 fully saturated rings. The molecule has 14 nitrogen and oxygen atoms in total. The van der Waals surface area contributed by atoms with Crippen LogP contribution in [0.15, 0.2) is 30.3 Å². The van der Waals surface area contributed by atoms with E-state index in [0.717, 1.165) is 5.56 Å². The van der Waals surface area contributed by atoms with Crippen LogP contribution < -0.4 is 10.6 Å². The summed E-state index contributed by atoms with van der Waals surface area (Å²) in [4.78, 5) is 83.3. The number of nitrogens with zero attached hydrogens (tertiary/aromatic N) is 3. The summed E-state index contributed by atoms with van der Waals surface area (Å²) in [6.07, 6.45) is -1.35. The second-order valence-electron chi connectivity index (χ2n) is 14.3. The number of amides is 5. The molecule has 3 N–H and O–H groups in total. The number of aliphatic hydroxyl groups excluding tert-OH is 1. The summed E-state index contributed by atoms with van der Waals surface area (Å²) >= 11 is 0. The first-order chi connectivity index (χ1) is 22.7. The lowest BCUT2D eigenvalue weighted by Gasteiger charge is -2.35. The fourth-order valence-corrected chi connectivity index (χ4v) is 5.56. The quantitative estimate of drug-likeness (QED) is 0.247. The summed E-state index contributed by atoms with van der Waals surface area (Å²) in [5, 5.41) is 15.3. The smallest absolute Gasteiger partial charge is 0.408 e. The first-order valence-corrected chi connectivity index (χ1v) is 16.7. The van der Waals surface area contributed by atoms with Crippen molar-refractivity contribution in [3.63, 3.8) is 0 Å². The van der Waals surface area contributed by atoms with E-state index in [4.69, 9.17) is 9.47 Å². The van der Waals surface area contributed by atoms with Crippen LogP contribution in [0.3, 0.4) is 0 Å².